The number of amides is 1. The number of carbonyl (C=O) groups is 1. The van der Waals surface area contributed by atoms with Crippen LogP contribution in [0.1, 0.15) is 47.4 Å². The van der Waals surface area contributed by atoms with Crippen LogP contribution in [0.2, 0.25) is 0 Å². The molecule has 0 saturated carbocycles. The standard InChI is InChI=1S/C17H26N4O2/c1-19-16(14-4-2-3-5-15(14)18-19)17(23)20-8-6-12(7-9-20)21-10-13(22)11-21/h12-13,22H,2-11H2,1H3. The lowest BCUT2D eigenvalue weighted by molar-refractivity contribution is -0.0382. The van der Waals surface area contributed by atoms with Gasteiger partial charge < -0.3 is 10.0 Å². The predicted molar refractivity (Wildman–Crippen MR) is 86.4 cm³/mol. The molecule has 1 aromatic heterocycles. The topological polar surface area (TPSA) is 61.6 Å². The molecule has 0 aromatic carbocycles. The van der Waals surface area contributed by atoms with Crippen molar-refractivity contribution in [2.45, 2.75) is 50.7 Å². The highest BCUT2D eigenvalue weighted by molar-refractivity contribution is 5.94. The van der Waals surface area contributed by atoms with Crippen molar-refractivity contribution < 1.29 is 9.90 Å². The molecular weight excluding hydrogens is 292 g/mol. The van der Waals surface area contributed by atoms with Gasteiger partial charge in [-0.05, 0) is 38.5 Å². The van der Waals surface area contributed by atoms with Crippen LogP contribution < -0.4 is 0 Å². The van der Waals surface area contributed by atoms with Gasteiger partial charge in [0.2, 0.25) is 0 Å². The summed E-state index contributed by atoms with van der Waals surface area (Å²) in [4.78, 5) is 17.3. The van der Waals surface area contributed by atoms with Crippen LogP contribution in [0.3, 0.4) is 0 Å². The number of likely N-dealkylation sites (tertiary alicyclic amines) is 2. The Morgan fingerprint density at radius 3 is 2.57 bits per heavy atom. The van der Waals surface area contributed by atoms with Crippen molar-refractivity contribution in [1.29, 1.82) is 0 Å². The summed E-state index contributed by atoms with van der Waals surface area (Å²) in [6.07, 6.45) is 6.23. The number of piperidine rings is 1. The van der Waals surface area contributed by atoms with Crippen LogP contribution in [-0.2, 0) is 19.9 Å². The van der Waals surface area contributed by atoms with E-state index in [1.165, 1.54) is 18.4 Å². The van der Waals surface area contributed by atoms with Crippen molar-refractivity contribution in [3.63, 3.8) is 0 Å². The number of β-amino-alcohol motifs (C(OH)–C–C–N with tert-alkyl or cyclic N) is 1. The smallest absolute Gasteiger partial charge is 0.272 e. The Bertz CT molecular complexity index is 598. The van der Waals surface area contributed by atoms with Crippen LogP contribution in [-0.4, -0.2) is 68.9 Å². The molecular formula is C17H26N4O2. The van der Waals surface area contributed by atoms with Gasteiger partial charge in [-0.2, -0.15) is 5.10 Å². The molecule has 1 aliphatic carbocycles. The van der Waals surface area contributed by atoms with E-state index in [1.807, 2.05) is 11.9 Å². The number of aryl methyl sites for hydroxylation is 2. The molecule has 4 rings (SSSR count). The predicted octanol–water partition coefficient (Wildman–Crippen LogP) is 0.580. The number of hydrogen-bond donors (Lipinski definition) is 1. The molecule has 3 aliphatic rings. The summed E-state index contributed by atoms with van der Waals surface area (Å²) in [5, 5.41) is 14.0. The monoisotopic (exact) mass is 318 g/mol. The number of hydrogen-bond acceptors (Lipinski definition) is 4. The maximum absolute atomic E-state index is 13.0. The average Bonchev–Trinajstić information content (AvgIpc) is 2.87. The first-order valence-corrected chi connectivity index (χ1v) is 8.89. The third kappa shape index (κ3) is 2.68. The van der Waals surface area contributed by atoms with E-state index in [0.717, 1.165) is 63.3 Å². The minimum Gasteiger partial charge on any atom is -0.390 e. The third-order valence-electron chi connectivity index (χ3n) is 5.68. The second-order valence-corrected chi connectivity index (χ2v) is 7.24. The molecule has 2 aliphatic heterocycles. The first-order chi connectivity index (χ1) is 11.1. The molecule has 0 spiro atoms. The molecule has 2 saturated heterocycles. The molecule has 0 atom stereocenters. The van der Waals surface area contributed by atoms with Crippen LogP contribution in [0.4, 0.5) is 0 Å². The Labute approximate surface area is 137 Å². The molecule has 6 heteroatoms. The normalized spacial score (nSPS) is 23.7. The van der Waals surface area contributed by atoms with Crippen LogP contribution in [0, 0.1) is 0 Å². The summed E-state index contributed by atoms with van der Waals surface area (Å²) in [7, 11) is 1.90. The molecule has 0 unspecified atom stereocenters. The first-order valence-electron chi connectivity index (χ1n) is 8.89. The summed E-state index contributed by atoms with van der Waals surface area (Å²) < 4.78 is 1.80. The van der Waals surface area contributed by atoms with Gasteiger partial charge in [-0.15, -0.1) is 0 Å². The van der Waals surface area contributed by atoms with E-state index in [-0.39, 0.29) is 12.0 Å². The maximum atomic E-state index is 13.0. The van der Waals surface area contributed by atoms with Gasteiger partial charge in [-0.25, -0.2) is 0 Å². The zero-order valence-corrected chi connectivity index (χ0v) is 13.9. The van der Waals surface area contributed by atoms with E-state index in [4.69, 9.17) is 0 Å². The summed E-state index contributed by atoms with van der Waals surface area (Å²) in [6, 6.07) is 0.530. The minimum atomic E-state index is -0.143. The zero-order valence-electron chi connectivity index (χ0n) is 13.9. The fourth-order valence-electron chi connectivity index (χ4n) is 4.32. The highest BCUT2D eigenvalue weighted by Crippen LogP contribution is 2.27. The fourth-order valence-corrected chi connectivity index (χ4v) is 4.32. The number of rotatable bonds is 2. The van der Waals surface area contributed by atoms with E-state index >= 15 is 0 Å². The van der Waals surface area contributed by atoms with Crippen molar-refractivity contribution >= 4 is 5.91 Å². The van der Waals surface area contributed by atoms with Crippen LogP contribution in [0.25, 0.3) is 0 Å². The highest BCUT2D eigenvalue weighted by atomic mass is 16.3. The van der Waals surface area contributed by atoms with E-state index in [9.17, 15) is 9.90 Å². The van der Waals surface area contributed by atoms with Gasteiger partial charge in [0.05, 0.1) is 11.8 Å². The lowest BCUT2D eigenvalue weighted by Crippen LogP contribution is -2.58. The number of nitrogens with zero attached hydrogens (tertiary/aromatic N) is 4. The molecule has 0 bridgehead atoms. The number of aliphatic hydroxyl groups is 1. The summed E-state index contributed by atoms with van der Waals surface area (Å²) >= 11 is 0. The van der Waals surface area contributed by atoms with Crippen LogP contribution >= 0.6 is 0 Å². The van der Waals surface area contributed by atoms with E-state index < -0.39 is 0 Å². The molecule has 6 nitrogen and oxygen atoms in total. The average molecular weight is 318 g/mol. The lowest BCUT2D eigenvalue weighted by atomic mass is 9.94. The molecule has 126 valence electrons. The number of aromatic nitrogens is 2. The Morgan fingerprint density at radius 2 is 1.87 bits per heavy atom. The second-order valence-electron chi connectivity index (χ2n) is 7.24. The molecule has 2 fully saturated rings. The van der Waals surface area contributed by atoms with E-state index in [2.05, 4.69) is 10.00 Å². The Balaban J connectivity index is 1.43. The van der Waals surface area contributed by atoms with Crippen molar-refractivity contribution in [1.82, 2.24) is 19.6 Å². The zero-order chi connectivity index (χ0) is 16.0. The molecule has 1 amide bonds. The maximum Gasteiger partial charge on any atom is 0.272 e. The largest absolute Gasteiger partial charge is 0.390 e. The first kappa shape index (κ1) is 15.1. The van der Waals surface area contributed by atoms with Crippen molar-refractivity contribution in [3.05, 3.63) is 17.0 Å². The van der Waals surface area contributed by atoms with Gasteiger partial charge in [0, 0.05) is 44.8 Å². The Kier molecular flexibility index (Phi) is 3.89. The van der Waals surface area contributed by atoms with Gasteiger partial charge in [0.25, 0.3) is 5.91 Å². The fraction of sp³-hybridized carbons (Fsp3) is 0.765. The van der Waals surface area contributed by atoms with Gasteiger partial charge in [-0.3, -0.25) is 14.4 Å². The van der Waals surface area contributed by atoms with Gasteiger partial charge in [0.15, 0.2) is 0 Å². The molecule has 3 heterocycles. The summed E-state index contributed by atoms with van der Waals surface area (Å²) in [5.74, 6) is 0.158. The molecule has 23 heavy (non-hydrogen) atoms. The van der Waals surface area contributed by atoms with Crippen molar-refractivity contribution in [2.75, 3.05) is 26.2 Å². The van der Waals surface area contributed by atoms with Crippen LogP contribution in [0.5, 0.6) is 0 Å². The van der Waals surface area contributed by atoms with Gasteiger partial charge >= 0.3 is 0 Å². The highest BCUT2D eigenvalue weighted by Gasteiger charge is 2.35. The molecule has 1 aromatic rings. The van der Waals surface area contributed by atoms with Crippen molar-refractivity contribution in [2.24, 2.45) is 7.05 Å². The van der Waals surface area contributed by atoms with Gasteiger partial charge in [-0.1, -0.05) is 0 Å². The minimum absolute atomic E-state index is 0.143. The number of fused-ring (bicyclic) bond motifs is 1. The van der Waals surface area contributed by atoms with E-state index in [1.54, 1.807) is 4.68 Å². The number of carbonyl (C=O) groups excluding carboxylic acids is 1. The van der Waals surface area contributed by atoms with Crippen LogP contribution in [0.15, 0.2) is 0 Å². The Morgan fingerprint density at radius 1 is 1.17 bits per heavy atom. The molecule has 1 N–H and O–H groups in total. The van der Waals surface area contributed by atoms with Crippen molar-refractivity contribution in [3.8, 4) is 0 Å². The van der Waals surface area contributed by atoms with E-state index in [0.29, 0.717) is 6.04 Å². The molecule has 0 radical (unpaired) electrons. The summed E-state index contributed by atoms with van der Waals surface area (Å²) in [6.45, 7) is 3.23. The number of aliphatic hydroxyl groups excluding tert-OH is 1. The quantitative estimate of drug-likeness (QED) is 0.866. The SMILES string of the molecule is Cn1nc2c(c1C(=O)N1CCC(N3CC(O)C3)CC1)CCCC2. The lowest BCUT2D eigenvalue weighted by Gasteiger charge is -2.45. The summed E-state index contributed by atoms with van der Waals surface area (Å²) in [5.41, 5.74) is 3.14. The second kappa shape index (κ2) is 5.91. The third-order valence-corrected chi connectivity index (χ3v) is 5.68. The Hall–Kier alpha value is -1.40. The van der Waals surface area contributed by atoms with Gasteiger partial charge in [0.1, 0.15) is 5.69 Å².